The van der Waals surface area contributed by atoms with Crippen molar-refractivity contribution in [3.05, 3.63) is 65.4 Å². The highest BCUT2D eigenvalue weighted by Crippen LogP contribution is 2.34. The molecule has 0 bridgehead atoms. The lowest BCUT2D eigenvalue weighted by atomic mass is 9.93. The minimum atomic E-state index is 0.506. The Morgan fingerprint density at radius 2 is 1.96 bits per heavy atom. The molecule has 6 nitrogen and oxygen atoms in total. The van der Waals surface area contributed by atoms with Gasteiger partial charge in [0.25, 0.3) is 0 Å². The Hall–Kier alpha value is -2.89. The fourth-order valence-corrected chi connectivity index (χ4v) is 4.04. The summed E-state index contributed by atoms with van der Waals surface area (Å²) >= 11 is 0. The maximum Gasteiger partial charge on any atom is 0.135 e. The Balaban J connectivity index is 1.42. The maximum absolute atomic E-state index is 5.96. The van der Waals surface area contributed by atoms with Gasteiger partial charge in [0.05, 0.1) is 5.69 Å². The Morgan fingerprint density at radius 1 is 1.08 bits per heavy atom. The monoisotopic (exact) mass is 347 g/mol. The van der Waals surface area contributed by atoms with E-state index in [2.05, 4.69) is 43.3 Å². The predicted molar refractivity (Wildman–Crippen MR) is 98.4 cm³/mol. The Bertz CT molecular complexity index is 900. The van der Waals surface area contributed by atoms with E-state index >= 15 is 0 Å². The number of H-pyrrole nitrogens is 1. The summed E-state index contributed by atoms with van der Waals surface area (Å²) in [5.74, 6) is 2.58. The van der Waals surface area contributed by atoms with Crippen LogP contribution in [-0.2, 0) is 13.0 Å². The maximum atomic E-state index is 5.96. The number of hydrogen-bond acceptors (Lipinski definition) is 5. The molecule has 2 aliphatic rings. The summed E-state index contributed by atoms with van der Waals surface area (Å²) in [7, 11) is 0. The van der Waals surface area contributed by atoms with Crippen LogP contribution < -0.4 is 9.64 Å². The molecule has 1 saturated heterocycles. The van der Waals surface area contributed by atoms with Gasteiger partial charge in [-0.2, -0.15) is 5.10 Å². The number of nitrogens with one attached hydrogen (secondary N) is 1. The number of aromatic nitrogens is 4. The minimum Gasteiger partial charge on any atom is -0.487 e. The van der Waals surface area contributed by atoms with E-state index in [1.54, 1.807) is 6.33 Å². The fraction of sp³-hybridized carbons (Fsp3) is 0.350. The van der Waals surface area contributed by atoms with Crippen molar-refractivity contribution in [2.75, 3.05) is 18.0 Å². The third-order valence-corrected chi connectivity index (χ3v) is 5.47. The van der Waals surface area contributed by atoms with Crippen LogP contribution in [0.25, 0.3) is 0 Å². The highest BCUT2D eigenvalue weighted by atomic mass is 16.5. The molecule has 2 aromatic heterocycles. The van der Waals surface area contributed by atoms with Gasteiger partial charge >= 0.3 is 0 Å². The highest BCUT2D eigenvalue weighted by Gasteiger charge is 2.26. The van der Waals surface area contributed by atoms with Crippen LogP contribution in [0.5, 0.6) is 5.75 Å². The summed E-state index contributed by atoms with van der Waals surface area (Å²) in [6.45, 7) is 2.50. The lowest BCUT2D eigenvalue weighted by Gasteiger charge is -2.33. The summed E-state index contributed by atoms with van der Waals surface area (Å²) in [6, 6.07) is 10.3. The van der Waals surface area contributed by atoms with Crippen molar-refractivity contribution in [3.8, 4) is 5.75 Å². The first-order valence-corrected chi connectivity index (χ1v) is 9.16. The van der Waals surface area contributed by atoms with E-state index < -0.39 is 0 Å². The van der Waals surface area contributed by atoms with E-state index in [-0.39, 0.29) is 0 Å². The SMILES string of the molecule is c1ccc2c(c1)Cc1c(ncnc1N1CCC(c3ccn[nH]3)CC1)CO2. The molecule has 26 heavy (non-hydrogen) atoms. The van der Waals surface area contributed by atoms with E-state index in [1.165, 1.54) is 16.8 Å². The second-order valence-corrected chi connectivity index (χ2v) is 6.97. The number of para-hydroxylation sites is 1. The molecule has 1 fully saturated rings. The standard InChI is InChI=1S/C20H21N5O/c1-2-4-19-15(3-1)11-16-18(12-26-19)21-13-22-20(16)25-9-6-14(7-10-25)17-5-8-23-24-17/h1-5,8,13-14H,6-7,9-12H2,(H,23,24). The van der Waals surface area contributed by atoms with Crippen LogP contribution in [0, 0.1) is 0 Å². The number of anilines is 1. The first-order valence-electron chi connectivity index (χ1n) is 9.16. The molecule has 6 heteroatoms. The number of hydrogen-bond donors (Lipinski definition) is 1. The average molecular weight is 347 g/mol. The number of aromatic amines is 1. The molecular formula is C20H21N5O. The number of nitrogens with zero attached hydrogens (tertiary/aromatic N) is 4. The summed E-state index contributed by atoms with van der Waals surface area (Å²) in [5, 5.41) is 7.21. The normalized spacial score (nSPS) is 17.2. The van der Waals surface area contributed by atoms with Crippen molar-refractivity contribution in [2.45, 2.75) is 31.8 Å². The van der Waals surface area contributed by atoms with Gasteiger partial charge in [0, 0.05) is 42.9 Å². The fourth-order valence-electron chi connectivity index (χ4n) is 4.04. The van der Waals surface area contributed by atoms with E-state index in [0.29, 0.717) is 12.5 Å². The number of rotatable bonds is 2. The van der Waals surface area contributed by atoms with Gasteiger partial charge in [0.1, 0.15) is 24.5 Å². The van der Waals surface area contributed by atoms with Crippen molar-refractivity contribution >= 4 is 5.82 Å². The van der Waals surface area contributed by atoms with Gasteiger partial charge in [-0.15, -0.1) is 0 Å². The molecule has 2 aliphatic heterocycles. The van der Waals surface area contributed by atoms with E-state index in [1.807, 2.05) is 18.3 Å². The summed E-state index contributed by atoms with van der Waals surface area (Å²) in [4.78, 5) is 11.6. The molecule has 0 amide bonds. The van der Waals surface area contributed by atoms with Crippen molar-refractivity contribution in [3.63, 3.8) is 0 Å². The molecule has 5 rings (SSSR count). The number of fused-ring (bicyclic) bond motifs is 2. The molecule has 0 aliphatic carbocycles. The molecular weight excluding hydrogens is 326 g/mol. The predicted octanol–water partition coefficient (Wildman–Crippen LogP) is 3.07. The van der Waals surface area contributed by atoms with Crippen LogP contribution in [0.1, 0.15) is 41.3 Å². The van der Waals surface area contributed by atoms with Crippen LogP contribution >= 0.6 is 0 Å². The summed E-state index contributed by atoms with van der Waals surface area (Å²) < 4.78 is 5.96. The van der Waals surface area contributed by atoms with Gasteiger partial charge in [-0.05, 0) is 30.5 Å². The minimum absolute atomic E-state index is 0.506. The van der Waals surface area contributed by atoms with Crippen LogP contribution in [0.2, 0.25) is 0 Å². The lowest BCUT2D eigenvalue weighted by molar-refractivity contribution is 0.302. The number of ether oxygens (including phenoxy) is 1. The smallest absolute Gasteiger partial charge is 0.135 e. The molecule has 132 valence electrons. The Labute approximate surface area is 152 Å². The molecule has 1 aromatic carbocycles. The first-order chi connectivity index (χ1) is 12.9. The molecule has 0 saturated carbocycles. The van der Waals surface area contributed by atoms with Crippen LogP contribution in [-0.4, -0.2) is 33.3 Å². The largest absolute Gasteiger partial charge is 0.487 e. The topological polar surface area (TPSA) is 66.9 Å². The third-order valence-electron chi connectivity index (χ3n) is 5.47. The van der Waals surface area contributed by atoms with Gasteiger partial charge in [0.15, 0.2) is 0 Å². The van der Waals surface area contributed by atoms with Gasteiger partial charge in [-0.1, -0.05) is 18.2 Å². The molecule has 0 radical (unpaired) electrons. The van der Waals surface area contributed by atoms with E-state index in [9.17, 15) is 0 Å². The molecule has 1 N–H and O–H groups in total. The van der Waals surface area contributed by atoms with Gasteiger partial charge in [-0.3, -0.25) is 5.10 Å². The first kappa shape index (κ1) is 15.4. The molecule has 0 unspecified atom stereocenters. The zero-order valence-electron chi connectivity index (χ0n) is 14.6. The van der Waals surface area contributed by atoms with Crippen LogP contribution in [0.15, 0.2) is 42.9 Å². The van der Waals surface area contributed by atoms with Gasteiger partial charge in [0.2, 0.25) is 0 Å². The third kappa shape index (κ3) is 2.71. The Kier molecular flexibility index (Phi) is 3.81. The number of piperidine rings is 1. The van der Waals surface area contributed by atoms with E-state index in [4.69, 9.17) is 4.74 Å². The molecule has 4 heterocycles. The number of benzene rings is 1. The quantitative estimate of drug-likeness (QED) is 0.772. The average Bonchev–Trinajstić information content (AvgIpc) is 3.16. The zero-order valence-corrected chi connectivity index (χ0v) is 14.6. The second-order valence-electron chi connectivity index (χ2n) is 6.97. The van der Waals surface area contributed by atoms with Crippen molar-refractivity contribution < 1.29 is 4.74 Å². The summed E-state index contributed by atoms with van der Waals surface area (Å²) in [5.41, 5.74) is 4.66. The van der Waals surface area contributed by atoms with Gasteiger partial charge < -0.3 is 9.64 Å². The van der Waals surface area contributed by atoms with Gasteiger partial charge in [-0.25, -0.2) is 9.97 Å². The van der Waals surface area contributed by atoms with Crippen LogP contribution in [0.3, 0.4) is 0 Å². The molecule has 0 spiro atoms. The van der Waals surface area contributed by atoms with Crippen molar-refractivity contribution in [1.82, 2.24) is 20.2 Å². The van der Waals surface area contributed by atoms with Crippen LogP contribution in [0.4, 0.5) is 5.82 Å². The lowest BCUT2D eigenvalue weighted by Crippen LogP contribution is -2.34. The molecule has 3 aromatic rings. The Morgan fingerprint density at radius 3 is 2.81 bits per heavy atom. The second kappa shape index (κ2) is 6.44. The van der Waals surface area contributed by atoms with Crippen molar-refractivity contribution in [2.24, 2.45) is 0 Å². The molecule has 0 atom stereocenters. The zero-order chi connectivity index (χ0) is 17.3. The highest BCUT2D eigenvalue weighted by molar-refractivity contribution is 5.53. The van der Waals surface area contributed by atoms with Crippen molar-refractivity contribution in [1.29, 1.82) is 0 Å². The van der Waals surface area contributed by atoms with E-state index in [0.717, 1.165) is 49.6 Å². The summed E-state index contributed by atoms with van der Waals surface area (Å²) in [6.07, 6.45) is 6.54.